The number of nitrogens with one attached hydrogen (secondary N) is 2. The highest BCUT2D eigenvalue weighted by Gasteiger charge is 2.19. The summed E-state index contributed by atoms with van der Waals surface area (Å²) in [5.74, 6) is 0. The van der Waals surface area contributed by atoms with Gasteiger partial charge in [0, 0.05) is 31.9 Å². The fraction of sp³-hybridized carbons (Fsp3) is 0.615. The molecular weight excluding hydrogens is 276 g/mol. The Kier molecular flexibility index (Phi) is 6.38. The van der Waals surface area contributed by atoms with Gasteiger partial charge in [0.15, 0.2) is 5.03 Å². The lowest BCUT2D eigenvalue weighted by molar-refractivity contribution is 0.278. The van der Waals surface area contributed by atoms with E-state index in [1.165, 1.54) is 6.20 Å². The van der Waals surface area contributed by atoms with Crippen molar-refractivity contribution in [2.24, 2.45) is 0 Å². The van der Waals surface area contributed by atoms with Gasteiger partial charge in [-0.3, -0.25) is 0 Å². The molecule has 7 heteroatoms. The quantitative estimate of drug-likeness (QED) is 0.753. The molecule has 20 heavy (non-hydrogen) atoms. The van der Waals surface area contributed by atoms with Crippen molar-refractivity contribution < 1.29 is 8.42 Å². The Morgan fingerprint density at radius 1 is 1.40 bits per heavy atom. The zero-order valence-electron chi connectivity index (χ0n) is 12.5. The van der Waals surface area contributed by atoms with Crippen LogP contribution < -0.4 is 10.0 Å². The van der Waals surface area contributed by atoms with E-state index in [2.05, 4.69) is 33.8 Å². The maximum Gasteiger partial charge on any atom is 0.260 e. The van der Waals surface area contributed by atoms with Crippen LogP contribution in [0.25, 0.3) is 0 Å². The van der Waals surface area contributed by atoms with Crippen molar-refractivity contribution in [3.63, 3.8) is 0 Å². The van der Waals surface area contributed by atoms with Gasteiger partial charge in [-0.05, 0) is 40.0 Å². The number of hydrogen-bond acceptors (Lipinski definition) is 5. The number of nitrogens with zero attached hydrogens (tertiary/aromatic N) is 2. The van der Waals surface area contributed by atoms with E-state index in [4.69, 9.17) is 0 Å². The molecule has 0 aliphatic rings. The lowest BCUT2D eigenvalue weighted by atomic mass is 10.3. The van der Waals surface area contributed by atoms with Crippen LogP contribution in [0.4, 0.5) is 5.69 Å². The molecule has 1 rings (SSSR count). The number of pyridine rings is 1. The van der Waals surface area contributed by atoms with Crippen LogP contribution in [0.3, 0.4) is 0 Å². The van der Waals surface area contributed by atoms with Crippen LogP contribution in [0, 0.1) is 0 Å². The van der Waals surface area contributed by atoms with E-state index >= 15 is 0 Å². The maximum absolute atomic E-state index is 12.2. The van der Waals surface area contributed by atoms with Crippen LogP contribution in [-0.2, 0) is 10.0 Å². The monoisotopic (exact) mass is 300 g/mol. The van der Waals surface area contributed by atoms with Gasteiger partial charge in [-0.2, -0.15) is 0 Å². The van der Waals surface area contributed by atoms with Crippen molar-refractivity contribution >= 4 is 15.7 Å². The molecule has 0 amide bonds. The van der Waals surface area contributed by atoms with Crippen molar-refractivity contribution in [1.82, 2.24) is 14.6 Å². The normalized spacial score (nSPS) is 12.1. The maximum atomic E-state index is 12.2. The molecule has 2 N–H and O–H groups in total. The van der Waals surface area contributed by atoms with Crippen LogP contribution in [0.5, 0.6) is 0 Å². The first-order valence-corrected chi connectivity index (χ1v) is 8.25. The van der Waals surface area contributed by atoms with Crippen LogP contribution in [0.15, 0.2) is 23.4 Å². The van der Waals surface area contributed by atoms with Gasteiger partial charge in [-0.1, -0.05) is 0 Å². The van der Waals surface area contributed by atoms with E-state index in [1.807, 2.05) is 14.0 Å². The highest BCUT2D eigenvalue weighted by Crippen LogP contribution is 2.17. The number of rotatable bonds is 8. The minimum absolute atomic E-state index is 0.0500. The first kappa shape index (κ1) is 16.9. The van der Waals surface area contributed by atoms with Gasteiger partial charge < -0.3 is 10.2 Å². The van der Waals surface area contributed by atoms with E-state index in [0.29, 0.717) is 31.4 Å². The molecule has 0 atom stereocenters. The van der Waals surface area contributed by atoms with Gasteiger partial charge in [0.2, 0.25) is 0 Å². The molecule has 0 aromatic carbocycles. The van der Waals surface area contributed by atoms with Crippen molar-refractivity contribution in [1.29, 1.82) is 0 Å². The minimum atomic E-state index is -3.58. The Labute approximate surface area is 121 Å². The first-order valence-electron chi connectivity index (χ1n) is 6.77. The average Bonchev–Trinajstić information content (AvgIpc) is 2.39. The summed E-state index contributed by atoms with van der Waals surface area (Å²) in [6, 6.07) is 3.81. The van der Waals surface area contributed by atoms with Gasteiger partial charge in [-0.15, -0.1) is 0 Å². The van der Waals surface area contributed by atoms with E-state index in [1.54, 1.807) is 12.1 Å². The topological polar surface area (TPSA) is 74.3 Å². The largest absolute Gasteiger partial charge is 0.383 e. The molecule has 1 heterocycles. The standard InChI is InChI=1S/C13H24N4O2S/c1-5-14-12-7-6-8-15-13(12)20(18,19)16-9-10-17(4)11(2)3/h6-8,11,14,16H,5,9-10H2,1-4H3. The number of anilines is 1. The molecule has 114 valence electrons. The molecule has 0 saturated carbocycles. The Hall–Kier alpha value is -1.18. The van der Waals surface area contributed by atoms with Gasteiger partial charge in [0.1, 0.15) is 0 Å². The fourth-order valence-electron chi connectivity index (χ4n) is 1.61. The molecule has 0 unspecified atom stereocenters. The average molecular weight is 300 g/mol. The molecule has 1 aromatic heterocycles. The summed E-state index contributed by atoms with van der Waals surface area (Å²) in [6.45, 7) is 7.70. The second-order valence-corrected chi connectivity index (χ2v) is 6.54. The fourth-order valence-corrected chi connectivity index (χ4v) is 2.74. The predicted molar refractivity (Wildman–Crippen MR) is 81.4 cm³/mol. The second-order valence-electron chi connectivity index (χ2n) is 4.86. The molecule has 0 aliphatic heterocycles. The smallest absolute Gasteiger partial charge is 0.260 e. The predicted octanol–water partition coefficient (Wildman–Crippen LogP) is 1.13. The zero-order chi connectivity index (χ0) is 15.2. The number of sulfonamides is 1. The van der Waals surface area contributed by atoms with Crippen molar-refractivity contribution in [2.45, 2.75) is 31.8 Å². The number of likely N-dealkylation sites (N-methyl/N-ethyl adjacent to an activating group) is 1. The summed E-state index contributed by atoms with van der Waals surface area (Å²) < 4.78 is 27.1. The summed E-state index contributed by atoms with van der Waals surface area (Å²) in [4.78, 5) is 6.05. The summed E-state index contributed by atoms with van der Waals surface area (Å²) in [7, 11) is -1.62. The Balaban J connectivity index is 2.74. The van der Waals surface area contributed by atoms with Gasteiger partial charge in [0.05, 0.1) is 5.69 Å². The molecule has 0 bridgehead atoms. The third kappa shape index (κ3) is 4.73. The molecule has 6 nitrogen and oxygen atoms in total. The lowest BCUT2D eigenvalue weighted by Gasteiger charge is -2.21. The van der Waals surface area contributed by atoms with Crippen LogP contribution in [-0.4, -0.2) is 51.0 Å². The number of hydrogen-bond donors (Lipinski definition) is 2. The molecule has 0 spiro atoms. The summed E-state index contributed by atoms with van der Waals surface area (Å²) in [5, 5.41) is 3.06. The molecule has 0 fully saturated rings. The summed E-state index contributed by atoms with van der Waals surface area (Å²) in [6.07, 6.45) is 1.48. The van der Waals surface area contributed by atoms with Gasteiger partial charge >= 0.3 is 0 Å². The van der Waals surface area contributed by atoms with Gasteiger partial charge in [-0.25, -0.2) is 18.1 Å². The van der Waals surface area contributed by atoms with Crippen LogP contribution in [0.2, 0.25) is 0 Å². The molecule has 0 aliphatic carbocycles. The van der Waals surface area contributed by atoms with Crippen molar-refractivity contribution in [3.8, 4) is 0 Å². The van der Waals surface area contributed by atoms with E-state index in [9.17, 15) is 8.42 Å². The SMILES string of the molecule is CCNc1cccnc1S(=O)(=O)NCCN(C)C(C)C. The highest BCUT2D eigenvalue weighted by molar-refractivity contribution is 7.89. The van der Waals surface area contributed by atoms with Crippen LogP contribution in [0.1, 0.15) is 20.8 Å². The summed E-state index contributed by atoms with van der Waals surface area (Å²) in [5.41, 5.74) is 0.528. The molecular formula is C13H24N4O2S. The third-order valence-corrected chi connectivity index (χ3v) is 4.45. The summed E-state index contributed by atoms with van der Waals surface area (Å²) >= 11 is 0. The Morgan fingerprint density at radius 2 is 2.10 bits per heavy atom. The van der Waals surface area contributed by atoms with E-state index in [0.717, 1.165) is 0 Å². The van der Waals surface area contributed by atoms with Gasteiger partial charge in [0.25, 0.3) is 10.0 Å². The Morgan fingerprint density at radius 3 is 2.70 bits per heavy atom. The molecule has 0 radical (unpaired) electrons. The molecule has 1 aromatic rings. The minimum Gasteiger partial charge on any atom is -0.383 e. The molecule has 0 saturated heterocycles. The Bertz CT molecular complexity index is 517. The highest BCUT2D eigenvalue weighted by atomic mass is 32.2. The van der Waals surface area contributed by atoms with E-state index in [-0.39, 0.29) is 5.03 Å². The van der Waals surface area contributed by atoms with Crippen molar-refractivity contribution in [3.05, 3.63) is 18.3 Å². The van der Waals surface area contributed by atoms with Crippen molar-refractivity contribution in [2.75, 3.05) is 32.0 Å². The lowest BCUT2D eigenvalue weighted by Crippen LogP contribution is -2.36. The van der Waals surface area contributed by atoms with Crippen LogP contribution >= 0.6 is 0 Å². The zero-order valence-corrected chi connectivity index (χ0v) is 13.4. The third-order valence-electron chi connectivity index (χ3n) is 3.03. The number of aromatic nitrogens is 1. The first-order chi connectivity index (χ1) is 9.38. The second kappa shape index (κ2) is 7.56. The van der Waals surface area contributed by atoms with E-state index < -0.39 is 10.0 Å².